The molecule has 0 saturated heterocycles. The van der Waals surface area contributed by atoms with Gasteiger partial charge < -0.3 is 24.5 Å². The molecule has 0 bridgehead atoms. The Bertz CT molecular complexity index is 988. The van der Waals surface area contributed by atoms with Gasteiger partial charge in [0.1, 0.15) is 6.04 Å². The van der Waals surface area contributed by atoms with Crippen LogP contribution in [0.1, 0.15) is 17.3 Å². The van der Waals surface area contributed by atoms with Gasteiger partial charge in [0.25, 0.3) is 5.91 Å². The first-order valence-electron chi connectivity index (χ1n) is 8.83. The number of imidazole rings is 1. The van der Waals surface area contributed by atoms with Crippen molar-refractivity contribution in [2.75, 3.05) is 26.6 Å². The summed E-state index contributed by atoms with van der Waals surface area (Å²) in [5, 5.41) is 5.31. The highest BCUT2D eigenvalue weighted by molar-refractivity contribution is 6.01. The number of nitrogens with one attached hydrogen (secondary N) is 3. The Morgan fingerprint density at radius 2 is 1.69 bits per heavy atom. The lowest BCUT2D eigenvalue weighted by Crippen LogP contribution is -2.41. The minimum atomic E-state index is -0.810. The lowest BCUT2D eigenvalue weighted by molar-refractivity contribution is -0.117. The van der Waals surface area contributed by atoms with E-state index < -0.39 is 17.9 Å². The van der Waals surface area contributed by atoms with Crippen LogP contribution >= 0.6 is 0 Å². The number of carbonyl (C=O) groups is 2. The zero-order chi connectivity index (χ0) is 21.0. The number of benzene rings is 2. The maximum Gasteiger partial charge on any atom is 0.252 e. The predicted octanol–water partition coefficient (Wildman–Crippen LogP) is 2.35. The molecule has 0 spiro atoms. The van der Waals surface area contributed by atoms with Crippen molar-refractivity contribution < 1.29 is 23.8 Å². The van der Waals surface area contributed by atoms with Crippen LogP contribution in [0.4, 0.5) is 5.95 Å². The van der Waals surface area contributed by atoms with Crippen LogP contribution in [0.25, 0.3) is 11.0 Å². The lowest BCUT2D eigenvalue weighted by atomic mass is 10.1. The van der Waals surface area contributed by atoms with Crippen LogP contribution in [-0.2, 0) is 4.79 Å². The summed E-state index contributed by atoms with van der Waals surface area (Å²) in [6.45, 7) is 1.58. The van der Waals surface area contributed by atoms with Gasteiger partial charge in [0.15, 0.2) is 11.5 Å². The predicted molar refractivity (Wildman–Crippen MR) is 108 cm³/mol. The Kier molecular flexibility index (Phi) is 5.87. The van der Waals surface area contributed by atoms with Crippen molar-refractivity contribution in [1.29, 1.82) is 0 Å². The molecule has 0 aliphatic carbocycles. The number of aromatic nitrogens is 2. The van der Waals surface area contributed by atoms with E-state index in [4.69, 9.17) is 14.2 Å². The number of rotatable bonds is 7. The number of ether oxygens (including phenoxy) is 3. The van der Waals surface area contributed by atoms with Crippen LogP contribution in [0.5, 0.6) is 17.2 Å². The van der Waals surface area contributed by atoms with Crippen molar-refractivity contribution in [3.63, 3.8) is 0 Å². The molecule has 0 aliphatic rings. The first-order valence-corrected chi connectivity index (χ1v) is 8.83. The summed E-state index contributed by atoms with van der Waals surface area (Å²) in [4.78, 5) is 32.4. The molecule has 2 aromatic carbocycles. The van der Waals surface area contributed by atoms with E-state index in [9.17, 15) is 9.59 Å². The second kappa shape index (κ2) is 8.51. The highest BCUT2D eigenvalue weighted by atomic mass is 16.5. The fourth-order valence-corrected chi connectivity index (χ4v) is 2.79. The highest BCUT2D eigenvalue weighted by Crippen LogP contribution is 2.38. The van der Waals surface area contributed by atoms with Crippen LogP contribution in [0, 0.1) is 0 Å². The van der Waals surface area contributed by atoms with Crippen molar-refractivity contribution in [1.82, 2.24) is 15.3 Å². The molecule has 3 N–H and O–H groups in total. The second-order valence-electron chi connectivity index (χ2n) is 6.20. The third-order valence-corrected chi connectivity index (χ3v) is 4.30. The third kappa shape index (κ3) is 4.23. The molecule has 2 amide bonds. The molecule has 1 aromatic heterocycles. The summed E-state index contributed by atoms with van der Waals surface area (Å²) < 4.78 is 15.8. The maximum atomic E-state index is 12.6. The summed E-state index contributed by atoms with van der Waals surface area (Å²) >= 11 is 0. The summed E-state index contributed by atoms with van der Waals surface area (Å²) in [5.41, 5.74) is 1.80. The minimum absolute atomic E-state index is 0.267. The van der Waals surface area contributed by atoms with Gasteiger partial charge in [-0.15, -0.1) is 0 Å². The first-order chi connectivity index (χ1) is 14.0. The molecular formula is C20H22N4O5. The standard InChI is InChI=1S/C20H22N4O5/c1-11(18(25)24-20-22-13-7-5-6-8-14(13)23-20)21-19(26)12-9-15(27-2)17(29-4)16(10-12)28-3/h5-11H,1-4H3,(H,21,26)(H2,22,23,24,25)/t11-/m0/s1. The largest absolute Gasteiger partial charge is 0.493 e. The zero-order valence-electron chi connectivity index (χ0n) is 16.5. The van der Waals surface area contributed by atoms with E-state index in [1.807, 2.05) is 24.3 Å². The average molecular weight is 398 g/mol. The quantitative estimate of drug-likeness (QED) is 0.563. The number of hydrogen-bond donors (Lipinski definition) is 3. The van der Waals surface area contributed by atoms with Gasteiger partial charge in [0, 0.05) is 5.56 Å². The van der Waals surface area contributed by atoms with Gasteiger partial charge in [-0.3, -0.25) is 14.9 Å². The number of amides is 2. The van der Waals surface area contributed by atoms with Crippen LogP contribution in [0.15, 0.2) is 36.4 Å². The number of hydrogen-bond acceptors (Lipinski definition) is 6. The fraction of sp³-hybridized carbons (Fsp3) is 0.250. The zero-order valence-corrected chi connectivity index (χ0v) is 16.5. The summed E-state index contributed by atoms with van der Waals surface area (Å²) in [6, 6.07) is 9.63. The molecule has 29 heavy (non-hydrogen) atoms. The third-order valence-electron chi connectivity index (χ3n) is 4.30. The molecule has 0 saturated carbocycles. The van der Waals surface area contributed by atoms with Crippen molar-refractivity contribution >= 4 is 28.8 Å². The van der Waals surface area contributed by atoms with Crippen molar-refractivity contribution in [3.8, 4) is 17.2 Å². The average Bonchev–Trinajstić information content (AvgIpc) is 3.14. The first kappa shape index (κ1) is 20.0. The van der Waals surface area contributed by atoms with Gasteiger partial charge in [-0.2, -0.15) is 0 Å². The van der Waals surface area contributed by atoms with Gasteiger partial charge >= 0.3 is 0 Å². The molecule has 1 heterocycles. The normalized spacial score (nSPS) is 11.6. The number of methoxy groups -OCH3 is 3. The molecule has 3 aromatic rings. The molecule has 152 valence electrons. The van der Waals surface area contributed by atoms with Crippen molar-refractivity contribution in [3.05, 3.63) is 42.0 Å². The molecule has 3 rings (SSSR count). The molecule has 0 radical (unpaired) electrons. The Balaban J connectivity index is 1.71. The highest BCUT2D eigenvalue weighted by Gasteiger charge is 2.21. The smallest absolute Gasteiger partial charge is 0.252 e. The molecule has 9 nitrogen and oxygen atoms in total. The SMILES string of the molecule is COc1cc(C(=O)N[C@@H](C)C(=O)Nc2nc3ccccc3[nH]2)cc(OC)c1OC. The number of H-pyrrole nitrogens is 1. The number of anilines is 1. The number of fused-ring (bicyclic) bond motifs is 1. The summed E-state index contributed by atoms with van der Waals surface area (Å²) in [5.74, 6) is 0.501. The van der Waals surface area contributed by atoms with Crippen molar-refractivity contribution in [2.45, 2.75) is 13.0 Å². The van der Waals surface area contributed by atoms with Crippen LogP contribution in [0.3, 0.4) is 0 Å². The monoisotopic (exact) mass is 398 g/mol. The summed E-state index contributed by atoms with van der Waals surface area (Å²) in [7, 11) is 4.40. The summed E-state index contributed by atoms with van der Waals surface area (Å²) in [6.07, 6.45) is 0. The van der Waals surface area contributed by atoms with Crippen LogP contribution < -0.4 is 24.8 Å². The van der Waals surface area contributed by atoms with Crippen molar-refractivity contribution in [2.24, 2.45) is 0 Å². The van der Waals surface area contributed by atoms with E-state index in [2.05, 4.69) is 20.6 Å². The van der Waals surface area contributed by atoms with Gasteiger partial charge in [-0.25, -0.2) is 4.98 Å². The topological polar surface area (TPSA) is 115 Å². The number of aromatic amines is 1. The Labute approximate surface area is 167 Å². The van der Waals surface area contributed by atoms with E-state index in [-0.39, 0.29) is 5.56 Å². The van der Waals surface area contributed by atoms with Gasteiger partial charge in [0.05, 0.1) is 32.4 Å². The molecule has 0 fully saturated rings. The van der Waals surface area contributed by atoms with Gasteiger partial charge in [0.2, 0.25) is 17.6 Å². The molecule has 0 aliphatic heterocycles. The molecule has 1 atom stereocenters. The lowest BCUT2D eigenvalue weighted by Gasteiger charge is -2.16. The Morgan fingerprint density at radius 3 is 2.28 bits per heavy atom. The Hall–Kier alpha value is -3.75. The molecular weight excluding hydrogens is 376 g/mol. The van der Waals surface area contributed by atoms with E-state index in [0.29, 0.717) is 23.2 Å². The Morgan fingerprint density at radius 1 is 1.03 bits per heavy atom. The van der Waals surface area contributed by atoms with Gasteiger partial charge in [-0.05, 0) is 31.2 Å². The number of nitrogens with zero attached hydrogens (tertiary/aromatic N) is 1. The number of para-hydroxylation sites is 2. The van der Waals surface area contributed by atoms with Crippen LogP contribution in [0.2, 0.25) is 0 Å². The fourth-order valence-electron chi connectivity index (χ4n) is 2.79. The van der Waals surface area contributed by atoms with Crippen LogP contribution in [-0.4, -0.2) is 49.2 Å². The van der Waals surface area contributed by atoms with E-state index in [1.54, 1.807) is 6.92 Å². The number of carbonyl (C=O) groups excluding carboxylic acids is 2. The molecule has 9 heteroatoms. The van der Waals surface area contributed by atoms with E-state index in [1.165, 1.54) is 33.5 Å². The molecule has 0 unspecified atom stereocenters. The van der Waals surface area contributed by atoms with Gasteiger partial charge in [-0.1, -0.05) is 12.1 Å². The minimum Gasteiger partial charge on any atom is -0.493 e. The second-order valence-corrected chi connectivity index (χ2v) is 6.20. The van der Waals surface area contributed by atoms with E-state index >= 15 is 0 Å². The maximum absolute atomic E-state index is 12.6. The van der Waals surface area contributed by atoms with E-state index in [0.717, 1.165) is 11.0 Å².